The number of carbonyl (C=O) groups is 1. The van der Waals surface area contributed by atoms with Gasteiger partial charge in [-0.25, -0.2) is 4.79 Å². The molecule has 0 saturated heterocycles. The van der Waals surface area contributed by atoms with E-state index in [9.17, 15) is 9.90 Å². The third-order valence-corrected chi connectivity index (χ3v) is 3.80. The number of aliphatic hydroxyl groups excluding tert-OH is 1. The van der Waals surface area contributed by atoms with E-state index in [4.69, 9.17) is 4.74 Å². The van der Waals surface area contributed by atoms with Crippen LogP contribution in [0.5, 0.6) is 0 Å². The molecule has 1 aliphatic rings. The van der Waals surface area contributed by atoms with E-state index in [0.29, 0.717) is 5.56 Å². The fourth-order valence-electron chi connectivity index (χ4n) is 2.39. The van der Waals surface area contributed by atoms with Gasteiger partial charge < -0.3 is 9.84 Å². The number of aryl methyl sites for hydroxylation is 1. The molecule has 17 heavy (non-hydrogen) atoms. The molecule has 1 unspecified atom stereocenters. The Morgan fingerprint density at radius 1 is 1.47 bits per heavy atom. The molecule has 0 spiro atoms. The number of rotatable bonds is 3. The van der Waals surface area contributed by atoms with Crippen molar-refractivity contribution in [2.75, 3.05) is 7.11 Å². The van der Waals surface area contributed by atoms with Crippen LogP contribution in [0.15, 0.2) is 18.2 Å². The quantitative estimate of drug-likeness (QED) is 0.815. The summed E-state index contributed by atoms with van der Waals surface area (Å²) >= 11 is 0. The van der Waals surface area contributed by atoms with Crippen LogP contribution in [0.3, 0.4) is 0 Å². The summed E-state index contributed by atoms with van der Waals surface area (Å²) in [5, 5.41) is 9.82. The SMILES string of the molecule is COC(=O)c1ccc(C2(C(C)O)CC2)cc1C. The molecule has 1 N–H and O–H groups in total. The van der Waals surface area contributed by atoms with E-state index in [-0.39, 0.29) is 17.5 Å². The van der Waals surface area contributed by atoms with Gasteiger partial charge in [0, 0.05) is 5.41 Å². The molecule has 1 aromatic rings. The fraction of sp³-hybridized carbons (Fsp3) is 0.500. The largest absolute Gasteiger partial charge is 0.465 e. The number of methoxy groups -OCH3 is 1. The highest BCUT2D eigenvalue weighted by atomic mass is 16.5. The van der Waals surface area contributed by atoms with Crippen molar-refractivity contribution in [3.63, 3.8) is 0 Å². The lowest BCUT2D eigenvalue weighted by atomic mass is 9.89. The summed E-state index contributed by atoms with van der Waals surface area (Å²) < 4.78 is 4.72. The molecule has 1 aliphatic carbocycles. The van der Waals surface area contributed by atoms with Crippen LogP contribution in [0.25, 0.3) is 0 Å². The molecule has 0 radical (unpaired) electrons. The zero-order valence-corrected chi connectivity index (χ0v) is 10.5. The molecule has 0 heterocycles. The maximum Gasteiger partial charge on any atom is 0.338 e. The topological polar surface area (TPSA) is 46.5 Å². The average molecular weight is 234 g/mol. The second kappa shape index (κ2) is 4.15. The lowest BCUT2D eigenvalue weighted by Gasteiger charge is -2.20. The van der Waals surface area contributed by atoms with Gasteiger partial charge in [0.15, 0.2) is 0 Å². The first-order valence-electron chi connectivity index (χ1n) is 5.89. The summed E-state index contributed by atoms with van der Waals surface area (Å²) in [4.78, 5) is 11.5. The summed E-state index contributed by atoms with van der Waals surface area (Å²) in [5.74, 6) is -0.309. The normalized spacial score (nSPS) is 18.6. The lowest BCUT2D eigenvalue weighted by Crippen LogP contribution is -2.22. The van der Waals surface area contributed by atoms with Gasteiger partial charge in [0.05, 0.1) is 18.8 Å². The van der Waals surface area contributed by atoms with Crippen molar-refractivity contribution in [3.8, 4) is 0 Å². The number of carbonyl (C=O) groups excluding carboxylic acids is 1. The van der Waals surface area contributed by atoms with E-state index in [1.165, 1.54) is 7.11 Å². The highest BCUT2D eigenvalue weighted by molar-refractivity contribution is 5.91. The van der Waals surface area contributed by atoms with E-state index in [1.54, 1.807) is 6.07 Å². The third kappa shape index (κ3) is 1.95. The number of aliphatic hydroxyl groups is 1. The van der Waals surface area contributed by atoms with Crippen LogP contribution in [-0.4, -0.2) is 24.3 Å². The Bertz CT molecular complexity index is 445. The summed E-state index contributed by atoms with van der Waals surface area (Å²) in [7, 11) is 1.38. The summed E-state index contributed by atoms with van der Waals surface area (Å²) in [6, 6.07) is 5.71. The first kappa shape index (κ1) is 12.1. The van der Waals surface area contributed by atoms with Crippen molar-refractivity contribution >= 4 is 5.97 Å². The smallest absolute Gasteiger partial charge is 0.338 e. The Labute approximate surface area is 101 Å². The molecule has 1 aromatic carbocycles. The molecule has 3 nitrogen and oxygen atoms in total. The highest BCUT2D eigenvalue weighted by Gasteiger charge is 2.48. The van der Waals surface area contributed by atoms with Crippen LogP contribution in [0, 0.1) is 6.92 Å². The van der Waals surface area contributed by atoms with E-state index in [1.807, 2.05) is 26.0 Å². The summed E-state index contributed by atoms with van der Waals surface area (Å²) in [5.41, 5.74) is 2.54. The molecule has 3 heteroatoms. The minimum Gasteiger partial charge on any atom is -0.465 e. The van der Waals surface area contributed by atoms with Crippen LogP contribution in [0.2, 0.25) is 0 Å². The molecule has 92 valence electrons. The molecular formula is C14H18O3. The lowest BCUT2D eigenvalue weighted by molar-refractivity contribution is 0.0600. The van der Waals surface area contributed by atoms with Gasteiger partial charge in [-0.15, -0.1) is 0 Å². The van der Waals surface area contributed by atoms with E-state index >= 15 is 0 Å². The zero-order valence-electron chi connectivity index (χ0n) is 10.5. The summed E-state index contributed by atoms with van der Waals surface area (Å²) in [6.45, 7) is 3.73. The predicted molar refractivity (Wildman–Crippen MR) is 65.1 cm³/mol. The van der Waals surface area contributed by atoms with E-state index < -0.39 is 0 Å². The molecular weight excluding hydrogens is 216 g/mol. The molecule has 0 aliphatic heterocycles. The second-order valence-corrected chi connectivity index (χ2v) is 4.85. The third-order valence-electron chi connectivity index (χ3n) is 3.80. The van der Waals surface area contributed by atoms with Crippen LogP contribution in [0.4, 0.5) is 0 Å². The van der Waals surface area contributed by atoms with Crippen LogP contribution < -0.4 is 0 Å². The maximum atomic E-state index is 11.5. The summed E-state index contributed by atoms with van der Waals surface area (Å²) in [6.07, 6.45) is 1.69. The van der Waals surface area contributed by atoms with Crippen molar-refractivity contribution in [2.45, 2.75) is 38.2 Å². The monoisotopic (exact) mass is 234 g/mol. The number of esters is 1. The molecule has 0 amide bonds. The van der Waals surface area contributed by atoms with Crippen molar-refractivity contribution in [1.82, 2.24) is 0 Å². The van der Waals surface area contributed by atoms with Crippen molar-refractivity contribution in [1.29, 1.82) is 0 Å². The second-order valence-electron chi connectivity index (χ2n) is 4.85. The highest BCUT2D eigenvalue weighted by Crippen LogP contribution is 2.51. The van der Waals surface area contributed by atoms with Gasteiger partial charge >= 0.3 is 5.97 Å². The molecule has 1 atom stereocenters. The van der Waals surface area contributed by atoms with Crippen LogP contribution >= 0.6 is 0 Å². The number of hydrogen-bond acceptors (Lipinski definition) is 3. The Kier molecular flexibility index (Phi) is 2.96. The molecule has 0 bridgehead atoms. The van der Waals surface area contributed by atoms with Crippen molar-refractivity contribution < 1.29 is 14.6 Å². The van der Waals surface area contributed by atoms with Crippen LogP contribution in [-0.2, 0) is 10.2 Å². The van der Waals surface area contributed by atoms with E-state index in [0.717, 1.165) is 24.0 Å². The zero-order chi connectivity index (χ0) is 12.6. The first-order valence-corrected chi connectivity index (χ1v) is 5.89. The Balaban J connectivity index is 2.35. The fourth-order valence-corrected chi connectivity index (χ4v) is 2.39. The first-order chi connectivity index (χ1) is 8.01. The number of ether oxygens (including phenoxy) is 1. The average Bonchev–Trinajstić information content (AvgIpc) is 3.09. The molecule has 2 rings (SSSR count). The van der Waals surface area contributed by atoms with Gasteiger partial charge in [-0.1, -0.05) is 12.1 Å². The molecule has 1 fully saturated rings. The van der Waals surface area contributed by atoms with Crippen molar-refractivity contribution in [3.05, 3.63) is 34.9 Å². The Hall–Kier alpha value is -1.35. The van der Waals surface area contributed by atoms with E-state index in [2.05, 4.69) is 0 Å². The van der Waals surface area contributed by atoms with Crippen molar-refractivity contribution in [2.24, 2.45) is 0 Å². The van der Waals surface area contributed by atoms with Gasteiger partial charge in [-0.2, -0.15) is 0 Å². The predicted octanol–water partition coefficient (Wildman–Crippen LogP) is 2.19. The minimum atomic E-state index is -0.342. The maximum absolute atomic E-state index is 11.5. The number of benzene rings is 1. The molecule has 1 saturated carbocycles. The molecule has 0 aromatic heterocycles. The van der Waals surface area contributed by atoms with Crippen LogP contribution in [0.1, 0.15) is 41.3 Å². The van der Waals surface area contributed by atoms with Gasteiger partial charge in [-0.05, 0) is 43.9 Å². The van der Waals surface area contributed by atoms with Gasteiger partial charge in [-0.3, -0.25) is 0 Å². The number of hydrogen-bond donors (Lipinski definition) is 1. The standard InChI is InChI=1S/C14H18O3/c1-9-8-11(14(6-7-14)10(2)15)4-5-12(9)13(16)17-3/h4-5,8,10,15H,6-7H2,1-3H3. The van der Waals surface area contributed by atoms with Gasteiger partial charge in [0.2, 0.25) is 0 Å². The Morgan fingerprint density at radius 2 is 2.12 bits per heavy atom. The van der Waals surface area contributed by atoms with Gasteiger partial charge in [0.25, 0.3) is 0 Å². The minimum absolute atomic E-state index is 0.0839. The van der Waals surface area contributed by atoms with Gasteiger partial charge in [0.1, 0.15) is 0 Å². The Morgan fingerprint density at radius 3 is 2.53 bits per heavy atom.